The second-order valence-electron chi connectivity index (χ2n) is 6.33. The molecule has 0 aromatic carbocycles. The van der Waals surface area contributed by atoms with Gasteiger partial charge in [-0.25, -0.2) is 0 Å². The van der Waals surface area contributed by atoms with Gasteiger partial charge < -0.3 is 14.4 Å². The summed E-state index contributed by atoms with van der Waals surface area (Å²) in [5, 5.41) is 0. The van der Waals surface area contributed by atoms with Gasteiger partial charge in [-0.2, -0.15) is 0 Å². The van der Waals surface area contributed by atoms with Gasteiger partial charge in [-0.3, -0.25) is 4.79 Å². The van der Waals surface area contributed by atoms with E-state index >= 15 is 0 Å². The summed E-state index contributed by atoms with van der Waals surface area (Å²) in [5.41, 5.74) is -0.260. The van der Waals surface area contributed by atoms with Crippen LogP contribution in [0.2, 0.25) is 0 Å². The number of amides is 1. The third-order valence-corrected chi connectivity index (χ3v) is 3.51. The largest absolute Gasteiger partial charge is 0.369 e. The number of nitrogens with zero attached hydrogens (tertiary/aromatic N) is 1. The molecule has 1 heterocycles. The van der Waals surface area contributed by atoms with E-state index in [1.165, 1.54) is 12.8 Å². The first-order valence-electron chi connectivity index (χ1n) is 6.95. The zero-order valence-electron chi connectivity index (χ0n) is 11.9. The number of hydrogen-bond acceptors (Lipinski definition) is 3. The quantitative estimate of drug-likeness (QED) is 0.769. The van der Waals surface area contributed by atoms with Crippen LogP contribution in [0.4, 0.5) is 0 Å². The van der Waals surface area contributed by atoms with Crippen molar-refractivity contribution in [2.75, 3.05) is 19.7 Å². The molecule has 0 radical (unpaired) electrons. The van der Waals surface area contributed by atoms with Crippen molar-refractivity contribution in [3.8, 4) is 0 Å². The van der Waals surface area contributed by atoms with E-state index < -0.39 is 0 Å². The van der Waals surface area contributed by atoms with Crippen LogP contribution in [0.1, 0.15) is 40.5 Å². The summed E-state index contributed by atoms with van der Waals surface area (Å²) in [6.45, 7) is 9.97. The van der Waals surface area contributed by atoms with Gasteiger partial charge in [0.25, 0.3) is 5.91 Å². The van der Waals surface area contributed by atoms with E-state index in [1.807, 2.05) is 32.6 Å². The Bertz CT molecular complexity index is 312. The van der Waals surface area contributed by atoms with Gasteiger partial charge in [-0.1, -0.05) is 0 Å². The minimum atomic E-state index is -0.327. The molecule has 1 amide bonds. The molecule has 4 nitrogen and oxygen atoms in total. The van der Waals surface area contributed by atoms with Crippen molar-refractivity contribution in [3.63, 3.8) is 0 Å². The summed E-state index contributed by atoms with van der Waals surface area (Å²) in [6.07, 6.45) is 2.27. The summed E-state index contributed by atoms with van der Waals surface area (Å²) in [5.74, 6) is 0.791. The van der Waals surface area contributed by atoms with E-state index in [4.69, 9.17) is 9.47 Å². The number of carbonyl (C=O) groups is 1. The summed E-state index contributed by atoms with van der Waals surface area (Å²) < 4.78 is 11.5. The topological polar surface area (TPSA) is 38.8 Å². The first-order valence-corrected chi connectivity index (χ1v) is 6.95. The first kappa shape index (κ1) is 13.8. The highest BCUT2D eigenvalue weighted by Crippen LogP contribution is 2.29. The van der Waals surface area contributed by atoms with Crippen LogP contribution < -0.4 is 0 Å². The van der Waals surface area contributed by atoms with E-state index in [0.29, 0.717) is 19.0 Å². The molecule has 2 aliphatic rings. The molecule has 0 aromatic rings. The summed E-state index contributed by atoms with van der Waals surface area (Å²) >= 11 is 0. The van der Waals surface area contributed by atoms with Crippen LogP contribution >= 0.6 is 0 Å². The standard InChI is InChI=1S/C14H25NO3/c1-10-7-15(9-14(3,4)18-10)13(16)11(2)17-8-12-5-6-12/h10-12H,5-9H2,1-4H3/t10-,11-/m0/s1. The molecular weight excluding hydrogens is 230 g/mol. The second kappa shape index (κ2) is 5.17. The smallest absolute Gasteiger partial charge is 0.251 e. The van der Waals surface area contributed by atoms with Crippen molar-refractivity contribution in [2.24, 2.45) is 5.92 Å². The maximum absolute atomic E-state index is 12.3. The van der Waals surface area contributed by atoms with Gasteiger partial charge in [0.05, 0.1) is 18.3 Å². The normalized spacial score (nSPS) is 29.1. The molecule has 4 heteroatoms. The molecule has 1 aliphatic heterocycles. The average molecular weight is 255 g/mol. The van der Waals surface area contributed by atoms with Crippen molar-refractivity contribution >= 4 is 5.91 Å². The van der Waals surface area contributed by atoms with Crippen LogP contribution in [0.3, 0.4) is 0 Å². The molecule has 0 aromatic heterocycles. The lowest BCUT2D eigenvalue weighted by atomic mass is 10.1. The Morgan fingerprint density at radius 2 is 2.17 bits per heavy atom. The second-order valence-corrected chi connectivity index (χ2v) is 6.33. The summed E-state index contributed by atoms with van der Waals surface area (Å²) in [7, 11) is 0. The molecule has 0 spiro atoms. The highest BCUT2D eigenvalue weighted by atomic mass is 16.5. The predicted octanol–water partition coefficient (Wildman–Crippen LogP) is 1.83. The molecular formula is C14H25NO3. The van der Waals surface area contributed by atoms with Crippen LogP contribution in [0.15, 0.2) is 0 Å². The number of rotatable bonds is 4. The average Bonchev–Trinajstić information content (AvgIpc) is 3.05. The van der Waals surface area contributed by atoms with Crippen LogP contribution in [-0.2, 0) is 14.3 Å². The Morgan fingerprint density at radius 3 is 2.72 bits per heavy atom. The highest BCUT2D eigenvalue weighted by molar-refractivity contribution is 5.80. The van der Waals surface area contributed by atoms with Crippen LogP contribution in [0.5, 0.6) is 0 Å². The van der Waals surface area contributed by atoms with Gasteiger partial charge in [0.1, 0.15) is 6.10 Å². The molecule has 0 unspecified atom stereocenters. The first-order chi connectivity index (χ1) is 8.37. The van der Waals surface area contributed by atoms with Gasteiger partial charge >= 0.3 is 0 Å². The Morgan fingerprint density at radius 1 is 1.50 bits per heavy atom. The molecule has 1 saturated carbocycles. The van der Waals surface area contributed by atoms with Crippen LogP contribution in [-0.4, -0.2) is 48.3 Å². The minimum absolute atomic E-state index is 0.0910. The number of morpholine rings is 1. The van der Waals surface area contributed by atoms with Crippen molar-refractivity contribution < 1.29 is 14.3 Å². The Labute approximate surface area is 110 Å². The lowest BCUT2D eigenvalue weighted by Crippen LogP contribution is -2.55. The molecule has 2 fully saturated rings. The maximum atomic E-state index is 12.3. The molecule has 0 bridgehead atoms. The molecule has 1 aliphatic carbocycles. The van der Waals surface area contributed by atoms with Gasteiger partial charge in [0, 0.05) is 13.1 Å². The zero-order chi connectivity index (χ0) is 13.3. The van der Waals surface area contributed by atoms with Crippen molar-refractivity contribution in [3.05, 3.63) is 0 Å². The van der Waals surface area contributed by atoms with Crippen LogP contribution in [0.25, 0.3) is 0 Å². The monoisotopic (exact) mass is 255 g/mol. The van der Waals surface area contributed by atoms with E-state index in [-0.39, 0.29) is 23.7 Å². The van der Waals surface area contributed by atoms with Crippen molar-refractivity contribution in [2.45, 2.75) is 58.3 Å². The Hall–Kier alpha value is -0.610. The van der Waals surface area contributed by atoms with Crippen LogP contribution in [0, 0.1) is 5.92 Å². The van der Waals surface area contributed by atoms with Gasteiger partial charge in [0.2, 0.25) is 0 Å². The SMILES string of the molecule is C[C@H](OCC1CC1)C(=O)N1C[C@H](C)OC(C)(C)C1. The van der Waals surface area contributed by atoms with E-state index in [9.17, 15) is 4.79 Å². The number of ether oxygens (including phenoxy) is 2. The van der Waals surface area contributed by atoms with Gasteiger partial charge in [-0.15, -0.1) is 0 Å². The fourth-order valence-corrected chi connectivity index (χ4v) is 2.51. The Kier molecular flexibility index (Phi) is 3.97. The predicted molar refractivity (Wildman–Crippen MR) is 69.3 cm³/mol. The molecule has 104 valence electrons. The molecule has 1 saturated heterocycles. The molecule has 2 atom stereocenters. The van der Waals surface area contributed by atoms with E-state index in [1.54, 1.807) is 0 Å². The summed E-state index contributed by atoms with van der Waals surface area (Å²) in [4.78, 5) is 14.2. The lowest BCUT2D eigenvalue weighted by molar-refractivity contribution is -0.167. The lowest BCUT2D eigenvalue weighted by Gasteiger charge is -2.42. The molecule has 0 N–H and O–H groups in total. The van der Waals surface area contributed by atoms with E-state index in [2.05, 4.69) is 0 Å². The molecule has 18 heavy (non-hydrogen) atoms. The fraction of sp³-hybridized carbons (Fsp3) is 0.929. The number of hydrogen-bond donors (Lipinski definition) is 0. The number of carbonyl (C=O) groups excluding carboxylic acids is 1. The van der Waals surface area contributed by atoms with Gasteiger partial charge in [0.15, 0.2) is 0 Å². The fourth-order valence-electron chi connectivity index (χ4n) is 2.51. The van der Waals surface area contributed by atoms with Crippen molar-refractivity contribution in [1.82, 2.24) is 4.90 Å². The summed E-state index contributed by atoms with van der Waals surface area (Å²) in [6, 6.07) is 0. The zero-order valence-corrected chi connectivity index (χ0v) is 11.9. The minimum Gasteiger partial charge on any atom is -0.369 e. The third-order valence-electron chi connectivity index (χ3n) is 3.51. The maximum Gasteiger partial charge on any atom is 0.251 e. The van der Waals surface area contributed by atoms with Crippen molar-refractivity contribution in [1.29, 1.82) is 0 Å². The highest BCUT2D eigenvalue weighted by Gasteiger charge is 2.35. The third kappa shape index (κ3) is 3.69. The van der Waals surface area contributed by atoms with Gasteiger partial charge in [-0.05, 0) is 46.5 Å². The molecule has 2 rings (SSSR count). The van der Waals surface area contributed by atoms with E-state index in [0.717, 1.165) is 6.61 Å². The Balaban J connectivity index is 1.86.